The molecule has 0 aliphatic rings. The Morgan fingerprint density at radius 3 is 2.45 bits per heavy atom. The third-order valence-corrected chi connectivity index (χ3v) is 3.26. The Hall–Kier alpha value is -2.31. The van der Waals surface area contributed by atoms with Gasteiger partial charge in [-0.25, -0.2) is 0 Å². The van der Waals surface area contributed by atoms with Crippen LogP contribution in [0.25, 0.3) is 17.1 Å². The van der Waals surface area contributed by atoms with Crippen LogP contribution >= 0.6 is 12.2 Å². The molecule has 100 valence electrons. The summed E-state index contributed by atoms with van der Waals surface area (Å²) in [6.07, 6.45) is 3.43. The second kappa shape index (κ2) is 5.36. The minimum absolute atomic E-state index is 0.0221. The van der Waals surface area contributed by atoms with Crippen molar-refractivity contribution in [2.45, 2.75) is 6.61 Å². The molecule has 0 atom stereocenters. The number of hydrogen-bond acceptors (Lipinski definition) is 4. The lowest BCUT2D eigenvalue weighted by molar-refractivity contribution is 0.282. The fraction of sp³-hybridized carbons (Fsp3) is 0.0714. The van der Waals surface area contributed by atoms with Crippen LogP contribution in [-0.4, -0.2) is 24.9 Å². The number of H-pyrrole nitrogens is 1. The summed E-state index contributed by atoms with van der Waals surface area (Å²) in [6.45, 7) is 0.0221. The summed E-state index contributed by atoms with van der Waals surface area (Å²) >= 11 is 5.30. The fourth-order valence-corrected chi connectivity index (χ4v) is 2.22. The molecule has 6 heteroatoms. The molecule has 0 aliphatic carbocycles. The molecular formula is C14H12N4OS. The van der Waals surface area contributed by atoms with Crippen LogP contribution in [0.1, 0.15) is 5.56 Å². The van der Waals surface area contributed by atoms with Crippen LogP contribution in [-0.2, 0) is 6.61 Å². The maximum Gasteiger partial charge on any atom is 0.200 e. The van der Waals surface area contributed by atoms with Crippen molar-refractivity contribution < 1.29 is 5.11 Å². The number of aliphatic hydroxyl groups excluding tert-OH is 1. The van der Waals surface area contributed by atoms with E-state index in [1.165, 1.54) is 0 Å². The number of nitrogens with zero attached hydrogens (tertiary/aromatic N) is 3. The molecule has 3 aromatic rings. The fourth-order valence-electron chi connectivity index (χ4n) is 1.98. The van der Waals surface area contributed by atoms with Crippen LogP contribution in [0.2, 0.25) is 0 Å². The molecular weight excluding hydrogens is 272 g/mol. The van der Waals surface area contributed by atoms with E-state index < -0.39 is 0 Å². The molecule has 0 saturated heterocycles. The highest BCUT2D eigenvalue weighted by Crippen LogP contribution is 2.21. The Balaban J connectivity index is 2.14. The standard InChI is InChI=1S/C14H12N4OS/c19-9-10-1-3-12(4-2-10)18-13(16-17-14(18)20)11-5-7-15-8-6-11/h1-8,19H,9H2,(H,17,20). The number of aromatic amines is 1. The Morgan fingerprint density at radius 1 is 1.10 bits per heavy atom. The number of pyridine rings is 1. The molecule has 2 heterocycles. The number of nitrogens with one attached hydrogen (secondary N) is 1. The van der Waals surface area contributed by atoms with Gasteiger partial charge in [0, 0.05) is 23.6 Å². The van der Waals surface area contributed by atoms with E-state index in [0.29, 0.717) is 4.77 Å². The number of aliphatic hydroxyl groups is 1. The van der Waals surface area contributed by atoms with E-state index >= 15 is 0 Å². The van der Waals surface area contributed by atoms with Crippen LogP contribution in [0.15, 0.2) is 48.8 Å². The van der Waals surface area contributed by atoms with Crippen LogP contribution in [0, 0.1) is 4.77 Å². The van der Waals surface area contributed by atoms with Gasteiger partial charge in [0.25, 0.3) is 0 Å². The summed E-state index contributed by atoms with van der Waals surface area (Å²) in [5.74, 6) is 0.731. The summed E-state index contributed by atoms with van der Waals surface area (Å²) in [5.41, 5.74) is 2.68. The van der Waals surface area contributed by atoms with E-state index in [0.717, 1.165) is 22.6 Å². The van der Waals surface area contributed by atoms with Crippen molar-refractivity contribution >= 4 is 12.2 Å². The van der Waals surface area contributed by atoms with E-state index in [2.05, 4.69) is 15.2 Å². The predicted molar refractivity (Wildman–Crippen MR) is 77.9 cm³/mol. The Morgan fingerprint density at radius 2 is 1.80 bits per heavy atom. The highest BCUT2D eigenvalue weighted by atomic mass is 32.1. The molecule has 2 N–H and O–H groups in total. The summed E-state index contributed by atoms with van der Waals surface area (Å²) in [5, 5.41) is 16.2. The minimum atomic E-state index is 0.0221. The molecule has 0 aliphatic heterocycles. The maximum absolute atomic E-state index is 9.09. The topological polar surface area (TPSA) is 66.7 Å². The lowest BCUT2D eigenvalue weighted by Crippen LogP contribution is -1.98. The van der Waals surface area contributed by atoms with Gasteiger partial charge >= 0.3 is 0 Å². The number of rotatable bonds is 3. The molecule has 0 fully saturated rings. The van der Waals surface area contributed by atoms with Gasteiger partial charge in [0.05, 0.1) is 6.61 Å². The molecule has 0 bridgehead atoms. The van der Waals surface area contributed by atoms with Gasteiger partial charge in [-0.15, -0.1) is 0 Å². The third-order valence-electron chi connectivity index (χ3n) is 2.99. The van der Waals surface area contributed by atoms with E-state index in [9.17, 15) is 0 Å². The normalized spacial score (nSPS) is 10.7. The lowest BCUT2D eigenvalue weighted by Gasteiger charge is -2.07. The first kappa shape index (κ1) is 12.7. The van der Waals surface area contributed by atoms with Gasteiger partial charge in [-0.3, -0.25) is 14.6 Å². The highest BCUT2D eigenvalue weighted by Gasteiger charge is 2.10. The van der Waals surface area contributed by atoms with E-state index in [1.54, 1.807) is 12.4 Å². The molecule has 0 amide bonds. The van der Waals surface area contributed by atoms with Gasteiger partial charge < -0.3 is 5.11 Å². The van der Waals surface area contributed by atoms with Gasteiger partial charge in [0.1, 0.15) is 0 Å². The van der Waals surface area contributed by atoms with Crippen molar-refractivity contribution in [1.29, 1.82) is 0 Å². The zero-order valence-corrected chi connectivity index (χ0v) is 11.3. The van der Waals surface area contributed by atoms with Crippen molar-refractivity contribution in [3.63, 3.8) is 0 Å². The molecule has 0 saturated carbocycles. The van der Waals surface area contributed by atoms with Crippen molar-refractivity contribution in [3.8, 4) is 17.1 Å². The predicted octanol–water partition coefficient (Wildman–Crippen LogP) is 2.48. The van der Waals surface area contributed by atoms with Gasteiger partial charge in [-0.2, -0.15) is 5.10 Å². The largest absolute Gasteiger partial charge is 0.392 e. The number of aromatic nitrogens is 4. The second-order valence-corrected chi connectivity index (χ2v) is 4.63. The molecule has 2 aromatic heterocycles. The number of benzene rings is 1. The summed E-state index contributed by atoms with van der Waals surface area (Å²) < 4.78 is 2.37. The molecule has 0 unspecified atom stereocenters. The first-order chi connectivity index (χ1) is 9.79. The first-order valence-electron chi connectivity index (χ1n) is 6.07. The average molecular weight is 284 g/mol. The van der Waals surface area contributed by atoms with Gasteiger partial charge in [-0.05, 0) is 42.0 Å². The van der Waals surface area contributed by atoms with Crippen LogP contribution in [0.4, 0.5) is 0 Å². The highest BCUT2D eigenvalue weighted by molar-refractivity contribution is 7.71. The van der Waals surface area contributed by atoms with Crippen LogP contribution in [0.3, 0.4) is 0 Å². The zero-order valence-electron chi connectivity index (χ0n) is 10.5. The molecule has 0 spiro atoms. The van der Waals surface area contributed by atoms with Crippen molar-refractivity contribution in [3.05, 3.63) is 59.1 Å². The maximum atomic E-state index is 9.09. The molecule has 1 aromatic carbocycles. The smallest absolute Gasteiger partial charge is 0.200 e. The molecule has 0 radical (unpaired) electrons. The zero-order chi connectivity index (χ0) is 13.9. The van der Waals surface area contributed by atoms with Crippen LogP contribution in [0.5, 0.6) is 0 Å². The van der Waals surface area contributed by atoms with Gasteiger partial charge in [-0.1, -0.05) is 12.1 Å². The van der Waals surface area contributed by atoms with E-state index in [1.807, 2.05) is 41.0 Å². The molecule has 20 heavy (non-hydrogen) atoms. The monoisotopic (exact) mass is 284 g/mol. The third kappa shape index (κ3) is 2.26. The lowest BCUT2D eigenvalue weighted by atomic mass is 10.2. The van der Waals surface area contributed by atoms with E-state index in [-0.39, 0.29) is 6.61 Å². The average Bonchev–Trinajstić information content (AvgIpc) is 2.90. The van der Waals surface area contributed by atoms with E-state index in [4.69, 9.17) is 17.3 Å². The first-order valence-corrected chi connectivity index (χ1v) is 6.48. The van der Waals surface area contributed by atoms with Crippen molar-refractivity contribution in [1.82, 2.24) is 19.7 Å². The van der Waals surface area contributed by atoms with Gasteiger partial charge in [0.2, 0.25) is 0 Å². The van der Waals surface area contributed by atoms with Gasteiger partial charge in [0.15, 0.2) is 10.6 Å². The Labute approximate surface area is 120 Å². The Bertz CT molecular complexity index is 762. The summed E-state index contributed by atoms with van der Waals surface area (Å²) in [6, 6.07) is 11.3. The van der Waals surface area contributed by atoms with Crippen molar-refractivity contribution in [2.75, 3.05) is 0 Å². The van der Waals surface area contributed by atoms with Crippen LogP contribution < -0.4 is 0 Å². The Kier molecular flexibility index (Phi) is 3.41. The molecule has 5 nitrogen and oxygen atoms in total. The van der Waals surface area contributed by atoms with Crippen molar-refractivity contribution in [2.24, 2.45) is 0 Å². The minimum Gasteiger partial charge on any atom is -0.392 e. The second-order valence-electron chi connectivity index (χ2n) is 4.25. The molecule has 3 rings (SSSR count). The summed E-state index contributed by atoms with van der Waals surface area (Å²) in [4.78, 5) is 4.00. The SMILES string of the molecule is OCc1ccc(-n2c(-c3ccncc3)n[nH]c2=S)cc1. The summed E-state index contributed by atoms with van der Waals surface area (Å²) in [7, 11) is 0. The number of hydrogen-bond donors (Lipinski definition) is 2. The quantitative estimate of drug-likeness (QED) is 0.725.